The van der Waals surface area contributed by atoms with Gasteiger partial charge in [0.2, 0.25) is 5.91 Å². The summed E-state index contributed by atoms with van der Waals surface area (Å²) in [7, 11) is 0. The van der Waals surface area contributed by atoms with Crippen molar-refractivity contribution >= 4 is 23.8 Å². The van der Waals surface area contributed by atoms with Crippen molar-refractivity contribution in [2.75, 3.05) is 13.2 Å². The molecule has 1 fully saturated rings. The zero-order chi connectivity index (χ0) is 13.8. The van der Waals surface area contributed by atoms with E-state index < -0.39 is 6.09 Å². The van der Waals surface area contributed by atoms with Gasteiger partial charge in [0.25, 0.3) is 0 Å². The Hall–Kier alpha value is -1.49. The molecule has 0 N–H and O–H groups in total. The van der Waals surface area contributed by atoms with E-state index in [0.29, 0.717) is 19.6 Å². The van der Waals surface area contributed by atoms with Crippen LogP contribution in [0.4, 0.5) is 4.79 Å². The molecule has 0 radical (unpaired) electrons. The van der Waals surface area contributed by atoms with Gasteiger partial charge in [0, 0.05) is 16.6 Å². The molecule has 2 rings (SSSR count). The smallest absolute Gasteiger partial charge is 0.416 e. The van der Waals surface area contributed by atoms with E-state index in [2.05, 4.69) is 12.1 Å². The minimum atomic E-state index is -0.516. The average molecular weight is 279 g/mol. The molecule has 19 heavy (non-hydrogen) atoms. The maximum Gasteiger partial charge on any atom is 0.416 e. The number of rotatable bonds is 4. The lowest BCUT2D eigenvalue weighted by Gasteiger charge is -2.14. The summed E-state index contributed by atoms with van der Waals surface area (Å²) < 4.78 is 4.76. The van der Waals surface area contributed by atoms with Crippen LogP contribution in [0, 0.1) is 6.92 Å². The SMILES string of the molecule is Cc1ccc(S[C@@H](C)CC(=O)N2CCOC2=O)cc1. The van der Waals surface area contributed by atoms with Gasteiger partial charge in [-0.15, -0.1) is 11.8 Å². The standard InChI is InChI=1S/C14H17NO3S/c1-10-3-5-12(6-4-10)19-11(2)9-13(16)15-7-8-18-14(15)17/h3-6,11H,7-9H2,1-2H3/t11-/m0/s1. The van der Waals surface area contributed by atoms with Crippen LogP contribution in [0.25, 0.3) is 0 Å². The van der Waals surface area contributed by atoms with Gasteiger partial charge in [-0.05, 0) is 19.1 Å². The second-order valence-corrected chi connectivity index (χ2v) is 6.12. The molecule has 1 heterocycles. The Morgan fingerprint density at radius 1 is 1.42 bits per heavy atom. The van der Waals surface area contributed by atoms with Gasteiger partial charge in [-0.25, -0.2) is 9.69 Å². The highest BCUT2D eigenvalue weighted by Crippen LogP contribution is 2.26. The fourth-order valence-electron chi connectivity index (χ4n) is 1.87. The summed E-state index contributed by atoms with van der Waals surface area (Å²) >= 11 is 1.64. The van der Waals surface area contributed by atoms with Gasteiger partial charge in [0.1, 0.15) is 6.61 Å². The molecule has 102 valence electrons. The van der Waals surface area contributed by atoms with E-state index in [1.165, 1.54) is 10.5 Å². The third-order valence-corrected chi connectivity index (χ3v) is 4.00. The minimum absolute atomic E-state index is 0.128. The molecule has 2 amide bonds. The van der Waals surface area contributed by atoms with E-state index in [0.717, 1.165) is 4.90 Å². The van der Waals surface area contributed by atoms with Crippen LogP contribution in [0.2, 0.25) is 0 Å². The number of hydrogen-bond donors (Lipinski definition) is 0. The lowest BCUT2D eigenvalue weighted by atomic mass is 10.2. The summed E-state index contributed by atoms with van der Waals surface area (Å²) in [6, 6.07) is 8.19. The molecule has 0 unspecified atom stereocenters. The van der Waals surface area contributed by atoms with Crippen molar-refractivity contribution in [3.8, 4) is 0 Å². The topological polar surface area (TPSA) is 46.6 Å². The Morgan fingerprint density at radius 2 is 2.11 bits per heavy atom. The highest BCUT2D eigenvalue weighted by Gasteiger charge is 2.29. The van der Waals surface area contributed by atoms with Gasteiger partial charge in [0.05, 0.1) is 6.54 Å². The van der Waals surface area contributed by atoms with E-state index in [4.69, 9.17) is 4.74 Å². The molecule has 1 aliphatic rings. The number of amides is 2. The van der Waals surface area contributed by atoms with E-state index in [9.17, 15) is 9.59 Å². The van der Waals surface area contributed by atoms with Crippen LogP contribution in [0.5, 0.6) is 0 Å². The summed E-state index contributed by atoms with van der Waals surface area (Å²) in [6.07, 6.45) is -0.175. The highest BCUT2D eigenvalue weighted by molar-refractivity contribution is 8.00. The Labute approximate surface area is 117 Å². The van der Waals surface area contributed by atoms with Crippen LogP contribution in [0.1, 0.15) is 18.9 Å². The third kappa shape index (κ3) is 3.73. The van der Waals surface area contributed by atoms with Gasteiger partial charge < -0.3 is 4.74 Å². The van der Waals surface area contributed by atoms with Crippen molar-refractivity contribution in [2.24, 2.45) is 0 Å². The molecule has 0 saturated carbocycles. The van der Waals surface area contributed by atoms with Crippen molar-refractivity contribution in [1.82, 2.24) is 4.90 Å². The number of thioether (sulfide) groups is 1. The number of benzene rings is 1. The number of imide groups is 1. The van der Waals surface area contributed by atoms with Crippen LogP contribution in [-0.4, -0.2) is 35.3 Å². The van der Waals surface area contributed by atoms with Crippen molar-refractivity contribution in [3.63, 3.8) is 0 Å². The monoisotopic (exact) mass is 279 g/mol. The summed E-state index contributed by atoms with van der Waals surface area (Å²) in [5.41, 5.74) is 1.22. The predicted octanol–water partition coefficient (Wildman–Crippen LogP) is 2.84. The van der Waals surface area contributed by atoms with Crippen LogP contribution in [-0.2, 0) is 9.53 Å². The lowest BCUT2D eigenvalue weighted by Crippen LogP contribution is -2.33. The number of ether oxygens (including phenoxy) is 1. The van der Waals surface area contributed by atoms with E-state index in [1.807, 2.05) is 26.0 Å². The fraction of sp³-hybridized carbons (Fsp3) is 0.429. The quantitative estimate of drug-likeness (QED) is 0.795. The van der Waals surface area contributed by atoms with E-state index in [1.54, 1.807) is 11.8 Å². The van der Waals surface area contributed by atoms with Gasteiger partial charge in [-0.2, -0.15) is 0 Å². The molecule has 1 aliphatic heterocycles. The lowest BCUT2D eigenvalue weighted by molar-refractivity contribution is -0.127. The first-order valence-electron chi connectivity index (χ1n) is 6.26. The Balaban J connectivity index is 1.87. The van der Waals surface area contributed by atoms with Crippen molar-refractivity contribution in [2.45, 2.75) is 30.4 Å². The molecule has 1 atom stereocenters. The summed E-state index contributed by atoms with van der Waals surface area (Å²) in [5.74, 6) is -0.158. The Kier molecular flexibility index (Phi) is 4.47. The molecule has 4 nitrogen and oxygen atoms in total. The number of carbonyl (C=O) groups is 2. The van der Waals surface area contributed by atoms with Gasteiger partial charge in [0.15, 0.2) is 0 Å². The molecular formula is C14H17NO3S. The minimum Gasteiger partial charge on any atom is -0.447 e. The van der Waals surface area contributed by atoms with Gasteiger partial charge >= 0.3 is 6.09 Å². The van der Waals surface area contributed by atoms with Gasteiger partial charge in [-0.1, -0.05) is 24.6 Å². The maximum atomic E-state index is 11.9. The maximum absolute atomic E-state index is 11.9. The number of nitrogens with zero attached hydrogens (tertiary/aromatic N) is 1. The average Bonchev–Trinajstić information content (AvgIpc) is 2.78. The fourth-order valence-corrected chi connectivity index (χ4v) is 2.85. The molecular weight excluding hydrogens is 262 g/mol. The second-order valence-electron chi connectivity index (χ2n) is 4.61. The molecule has 1 saturated heterocycles. The molecule has 1 aromatic rings. The predicted molar refractivity (Wildman–Crippen MR) is 74.2 cm³/mol. The van der Waals surface area contributed by atoms with Crippen LogP contribution < -0.4 is 0 Å². The summed E-state index contributed by atoms with van der Waals surface area (Å²) in [6.45, 7) is 4.72. The summed E-state index contributed by atoms with van der Waals surface area (Å²) in [4.78, 5) is 25.5. The number of cyclic esters (lactones) is 1. The third-order valence-electron chi connectivity index (χ3n) is 2.88. The normalized spacial score (nSPS) is 16.3. The molecule has 0 aromatic heterocycles. The molecule has 0 aliphatic carbocycles. The number of aryl methyl sites for hydroxylation is 1. The van der Waals surface area contributed by atoms with E-state index in [-0.39, 0.29) is 11.2 Å². The zero-order valence-corrected chi connectivity index (χ0v) is 11.9. The largest absolute Gasteiger partial charge is 0.447 e. The van der Waals surface area contributed by atoms with E-state index >= 15 is 0 Å². The molecule has 1 aromatic carbocycles. The number of carbonyl (C=O) groups excluding carboxylic acids is 2. The molecule has 0 spiro atoms. The first kappa shape index (κ1) is 13.9. The van der Waals surface area contributed by atoms with Crippen molar-refractivity contribution in [3.05, 3.63) is 29.8 Å². The van der Waals surface area contributed by atoms with Gasteiger partial charge in [-0.3, -0.25) is 4.79 Å². The first-order valence-corrected chi connectivity index (χ1v) is 7.14. The first-order chi connectivity index (χ1) is 9.06. The molecule has 5 heteroatoms. The highest BCUT2D eigenvalue weighted by atomic mass is 32.2. The second kappa shape index (κ2) is 6.10. The van der Waals surface area contributed by atoms with Crippen LogP contribution in [0.15, 0.2) is 29.2 Å². The van der Waals surface area contributed by atoms with Crippen molar-refractivity contribution in [1.29, 1.82) is 0 Å². The van der Waals surface area contributed by atoms with Crippen LogP contribution in [0.3, 0.4) is 0 Å². The Morgan fingerprint density at radius 3 is 2.68 bits per heavy atom. The molecule has 0 bridgehead atoms. The van der Waals surface area contributed by atoms with Crippen LogP contribution >= 0.6 is 11.8 Å². The summed E-state index contributed by atoms with van der Waals surface area (Å²) in [5, 5.41) is 0.128. The zero-order valence-electron chi connectivity index (χ0n) is 11.1. The number of hydrogen-bond acceptors (Lipinski definition) is 4. The van der Waals surface area contributed by atoms with Crippen molar-refractivity contribution < 1.29 is 14.3 Å². The Bertz CT molecular complexity index is 472.